The quantitative estimate of drug-likeness (QED) is 0.355. The Morgan fingerprint density at radius 3 is 2.22 bits per heavy atom. The third kappa shape index (κ3) is 5.84. The molecular formula is C28H24F2N4O3. The van der Waals surface area contributed by atoms with Crippen molar-refractivity contribution in [3.05, 3.63) is 118 Å². The van der Waals surface area contributed by atoms with E-state index in [0.29, 0.717) is 28.1 Å². The number of ketones is 1. The Balaban J connectivity index is 1.74. The second-order valence-corrected chi connectivity index (χ2v) is 8.40. The summed E-state index contributed by atoms with van der Waals surface area (Å²) >= 11 is 0. The van der Waals surface area contributed by atoms with Gasteiger partial charge in [0.05, 0.1) is 24.0 Å². The summed E-state index contributed by atoms with van der Waals surface area (Å²) < 4.78 is 28.2. The van der Waals surface area contributed by atoms with Crippen molar-refractivity contribution in [3.8, 4) is 11.3 Å². The minimum atomic E-state index is -0.527. The van der Waals surface area contributed by atoms with Gasteiger partial charge in [0.15, 0.2) is 5.78 Å². The number of hydrogen-bond acceptors (Lipinski definition) is 5. The smallest absolute Gasteiger partial charge is 0.275 e. The lowest BCUT2D eigenvalue weighted by Crippen LogP contribution is -2.37. The van der Waals surface area contributed by atoms with Crippen molar-refractivity contribution in [2.24, 2.45) is 0 Å². The van der Waals surface area contributed by atoms with E-state index in [4.69, 9.17) is 0 Å². The number of likely N-dealkylation sites (N-methyl/N-ethyl adjacent to an activating group) is 1. The fourth-order valence-electron chi connectivity index (χ4n) is 3.71. The molecule has 4 rings (SSSR count). The van der Waals surface area contributed by atoms with Crippen molar-refractivity contribution in [2.75, 3.05) is 12.4 Å². The Bertz CT molecular complexity index is 1500. The largest absolute Gasteiger partial charge is 0.320 e. The van der Waals surface area contributed by atoms with Crippen molar-refractivity contribution in [1.82, 2.24) is 14.9 Å². The predicted octanol–water partition coefficient (Wildman–Crippen LogP) is 4.01. The third-order valence-corrected chi connectivity index (χ3v) is 5.90. The predicted molar refractivity (Wildman–Crippen MR) is 136 cm³/mol. The van der Waals surface area contributed by atoms with E-state index in [-0.39, 0.29) is 23.9 Å². The van der Waals surface area contributed by atoms with Crippen LogP contribution in [0.4, 0.5) is 14.5 Å². The molecule has 9 heteroatoms. The fourth-order valence-corrected chi connectivity index (χ4v) is 3.71. The first-order valence-electron chi connectivity index (χ1n) is 11.5. The highest BCUT2D eigenvalue weighted by Gasteiger charge is 2.17. The molecular weight excluding hydrogens is 478 g/mol. The van der Waals surface area contributed by atoms with E-state index in [1.54, 1.807) is 38.2 Å². The molecule has 1 amide bonds. The number of rotatable bonds is 8. The third-order valence-electron chi connectivity index (χ3n) is 5.90. The van der Waals surface area contributed by atoms with Gasteiger partial charge in [0.25, 0.3) is 5.56 Å². The highest BCUT2D eigenvalue weighted by atomic mass is 19.1. The van der Waals surface area contributed by atoms with E-state index in [1.807, 2.05) is 0 Å². The molecule has 0 spiro atoms. The van der Waals surface area contributed by atoms with E-state index in [0.717, 1.165) is 0 Å². The number of aromatic nitrogens is 2. The second-order valence-electron chi connectivity index (χ2n) is 8.40. The van der Waals surface area contributed by atoms with Gasteiger partial charge >= 0.3 is 0 Å². The van der Waals surface area contributed by atoms with Crippen molar-refractivity contribution in [2.45, 2.75) is 19.5 Å². The molecule has 0 aliphatic carbocycles. The van der Waals surface area contributed by atoms with E-state index < -0.39 is 23.2 Å². The summed E-state index contributed by atoms with van der Waals surface area (Å²) in [7, 11) is 1.63. The van der Waals surface area contributed by atoms with Gasteiger partial charge in [-0.15, -0.1) is 0 Å². The summed E-state index contributed by atoms with van der Waals surface area (Å²) in [4.78, 5) is 43.1. The van der Waals surface area contributed by atoms with Crippen LogP contribution < -0.4 is 16.2 Å². The van der Waals surface area contributed by atoms with Gasteiger partial charge in [0.2, 0.25) is 5.91 Å². The zero-order valence-electron chi connectivity index (χ0n) is 20.2. The van der Waals surface area contributed by atoms with Crippen LogP contribution in [0.15, 0.2) is 83.8 Å². The maximum Gasteiger partial charge on any atom is 0.275 e. The number of benzene rings is 2. The van der Waals surface area contributed by atoms with Gasteiger partial charge in [-0.3, -0.25) is 19.4 Å². The molecule has 0 fully saturated rings. The number of nitrogens with one attached hydrogen (secondary N) is 2. The van der Waals surface area contributed by atoms with Gasteiger partial charge in [-0.1, -0.05) is 0 Å². The molecule has 37 heavy (non-hydrogen) atoms. The average molecular weight is 503 g/mol. The Labute approximate surface area is 211 Å². The molecule has 1 atom stereocenters. The van der Waals surface area contributed by atoms with Gasteiger partial charge < -0.3 is 15.2 Å². The van der Waals surface area contributed by atoms with Crippen LogP contribution in [-0.2, 0) is 11.3 Å². The zero-order chi connectivity index (χ0) is 26.5. The first-order valence-corrected chi connectivity index (χ1v) is 11.5. The van der Waals surface area contributed by atoms with Gasteiger partial charge in [-0.25, -0.2) is 8.78 Å². The molecule has 0 radical (unpaired) electrons. The molecule has 0 bridgehead atoms. The monoisotopic (exact) mass is 502 g/mol. The maximum absolute atomic E-state index is 13.5. The zero-order valence-corrected chi connectivity index (χ0v) is 20.2. The molecule has 2 aromatic carbocycles. The maximum atomic E-state index is 13.5. The molecule has 7 nitrogen and oxygen atoms in total. The highest BCUT2D eigenvalue weighted by molar-refractivity contribution is 6.08. The number of hydrogen-bond donors (Lipinski definition) is 2. The van der Waals surface area contributed by atoms with E-state index in [1.165, 1.54) is 59.3 Å². The second kappa shape index (κ2) is 11.0. The molecule has 188 valence electrons. The standard InChI is InChI=1S/C28H24F2N4O3/c1-17(31-2)27(36)33-24-11-12-25(18-3-7-21(29)8-4-18)34(28(24)37)16-23-15-20(13-14-32-23)26(35)19-5-9-22(30)10-6-19/h3-15,17,31H,16H2,1-2H3,(H,33,36)/t17-/m0/s1. The lowest BCUT2D eigenvalue weighted by atomic mass is 10.0. The first kappa shape index (κ1) is 25.6. The van der Waals surface area contributed by atoms with Crippen LogP contribution in [0.25, 0.3) is 11.3 Å². The van der Waals surface area contributed by atoms with Crippen LogP contribution in [0.2, 0.25) is 0 Å². The van der Waals surface area contributed by atoms with Crippen molar-refractivity contribution in [1.29, 1.82) is 0 Å². The van der Waals surface area contributed by atoms with Gasteiger partial charge in [-0.05, 0) is 92.3 Å². The van der Waals surface area contributed by atoms with Crippen LogP contribution in [0, 0.1) is 11.6 Å². The highest BCUT2D eigenvalue weighted by Crippen LogP contribution is 2.21. The summed E-state index contributed by atoms with van der Waals surface area (Å²) in [6.45, 7) is 1.63. The van der Waals surface area contributed by atoms with E-state index >= 15 is 0 Å². The summed E-state index contributed by atoms with van der Waals surface area (Å²) in [5, 5.41) is 5.45. The van der Waals surface area contributed by atoms with E-state index in [2.05, 4.69) is 15.6 Å². The number of halogens is 2. The Morgan fingerprint density at radius 1 is 0.919 bits per heavy atom. The van der Waals surface area contributed by atoms with Crippen LogP contribution in [0.3, 0.4) is 0 Å². The minimum absolute atomic E-state index is 0.0264. The van der Waals surface area contributed by atoms with Crippen LogP contribution in [0.5, 0.6) is 0 Å². The molecule has 0 aliphatic rings. The summed E-state index contributed by atoms with van der Waals surface area (Å²) in [6.07, 6.45) is 1.45. The van der Waals surface area contributed by atoms with Crippen molar-refractivity contribution < 1.29 is 18.4 Å². The molecule has 4 aromatic rings. The number of amides is 1. The number of carbonyl (C=O) groups is 2. The normalized spacial score (nSPS) is 11.7. The van der Waals surface area contributed by atoms with Crippen LogP contribution >= 0.6 is 0 Å². The van der Waals surface area contributed by atoms with Crippen molar-refractivity contribution >= 4 is 17.4 Å². The van der Waals surface area contributed by atoms with Gasteiger partial charge in [-0.2, -0.15) is 0 Å². The lowest BCUT2D eigenvalue weighted by molar-refractivity contribution is -0.117. The van der Waals surface area contributed by atoms with Gasteiger partial charge in [0.1, 0.15) is 17.3 Å². The van der Waals surface area contributed by atoms with Gasteiger partial charge in [0, 0.05) is 17.3 Å². The lowest BCUT2D eigenvalue weighted by Gasteiger charge is -2.17. The molecule has 2 heterocycles. The number of pyridine rings is 2. The molecule has 0 unspecified atom stereocenters. The minimum Gasteiger partial charge on any atom is -0.320 e. The van der Waals surface area contributed by atoms with E-state index in [9.17, 15) is 23.2 Å². The summed E-state index contributed by atoms with van der Waals surface area (Å²) in [5.74, 6) is -1.57. The molecule has 0 aliphatic heterocycles. The Morgan fingerprint density at radius 2 is 1.57 bits per heavy atom. The first-order chi connectivity index (χ1) is 17.8. The summed E-state index contributed by atoms with van der Waals surface area (Å²) in [6, 6.07) is 16.6. The average Bonchev–Trinajstić information content (AvgIpc) is 2.91. The molecule has 2 N–H and O–H groups in total. The Kier molecular flexibility index (Phi) is 7.64. The molecule has 2 aromatic heterocycles. The summed E-state index contributed by atoms with van der Waals surface area (Å²) in [5.41, 5.74) is 1.67. The SMILES string of the molecule is CN[C@@H](C)C(=O)Nc1ccc(-c2ccc(F)cc2)n(Cc2cc(C(=O)c3ccc(F)cc3)ccn2)c1=O. The number of nitrogens with zero attached hydrogens (tertiary/aromatic N) is 2. The van der Waals surface area contributed by atoms with Crippen LogP contribution in [-0.4, -0.2) is 34.3 Å². The topological polar surface area (TPSA) is 93.1 Å². The number of carbonyl (C=O) groups excluding carboxylic acids is 2. The molecule has 0 saturated heterocycles. The fraction of sp³-hybridized carbons (Fsp3) is 0.143. The molecule has 0 saturated carbocycles. The van der Waals surface area contributed by atoms with Crippen molar-refractivity contribution in [3.63, 3.8) is 0 Å². The number of anilines is 1. The Hall–Kier alpha value is -4.50. The van der Waals surface area contributed by atoms with Crippen LogP contribution in [0.1, 0.15) is 28.5 Å².